The lowest BCUT2D eigenvalue weighted by Crippen LogP contribution is -2.36. The molecule has 1 aliphatic rings. The van der Waals surface area contributed by atoms with E-state index in [1.54, 1.807) is 31.3 Å². The quantitative estimate of drug-likeness (QED) is 0.659. The van der Waals surface area contributed by atoms with E-state index in [2.05, 4.69) is 4.99 Å². The molecule has 0 atom stereocenters. The van der Waals surface area contributed by atoms with Crippen molar-refractivity contribution < 1.29 is 12.8 Å². The van der Waals surface area contributed by atoms with Crippen molar-refractivity contribution in [3.05, 3.63) is 35.6 Å². The second-order valence-corrected chi connectivity index (χ2v) is 9.10. The predicted octanol–water partition coefficient (Wildman–Crippen LogP) is 3.13. The topological polar surface area (TPSA) is 75.8 Å². The number of fused-ring (bicyclic) bond motifs is 1. The number of aliphatic imine (C=N–C) groups is 1. The predicted molar refractivity (Wildman–Crippen MR) is 105 cm³/mol. The van der Waals surface area contributed by atoms with Crippen molar-refractivity contribution in [1.29, 1.82) is 0 Å². The van der Waals surface area contributed by atoms with Gasteiger partial charge in [-0.15, -0.1) is 0 Å². The first-order valence-electron chi connectivity index (χ1n) is 7.99. The molecule has 1 heterocycles. The summed E-state index contributed by atoms with van der Waals surface area (Å²) in [7, 11) is 2.20. The third kappa shape index (κ3) is 2.95. The van der Waals surface area contributed by atoms with Crippen LogP contribution in [0.4, 0.5) is 32.8 Å². The minimum Gasteiger partial charge on any atom is -0.397 e. The highest BCUT2D eigenvalue weighted by Gasteiger charge is 2.30. The van der Waals surface area contributed by atoms with E-state index < -0.39 is 15.7 Å². The lowest BCUT2D eigenvalue weighted by Gasteiger charge is -2.26. The van der Waals surface area contributed by atoms with Crippen molar-refractivity contribution in [3.8, 4) is 0 Å². The molecule has 0 aromatic heterocycles. The normalized spacial score (nSPS) is 15.2. The van der Waals surface area contributed by atoms with Gasteiger partial charge in [-0.1, -0.05) is 0 Å². The Morgan fingerprint density at radius 3 is 2.42 bits per heavy atom. The van der Waals surface area contributed by atoms with Crippen LogP contribution in [0.3, 0.4) is 0 Å². The molecule has 0 aliphatic carbocycles. The molecule has 0 amide bonds. The second-order valence-electron chi connectivity index (χ2n) is 7.09. The molecule has 6 nitrogen and oxygen atoms in total. The van der Waals surface area contributed by atoms with Crippen molar-refractivity contribution in [2.75, 3.05) is 38.0 Å². The van der Waals surface area contributed by atoms with E-state index in [4.69, 9.17) is 5.73 Å². The zero-order valence-corrected chi connectivity index (χ0v) is 16.2. The van der Waals surface area contributed by atoms with E-state index >= 15 is 0 Å². The highest BCUT2D eigenvalue weighted by molar-refractivity contribution is 7.90. The summed E-state index contributed by atoms with van der Waals surface area (Å²) >= 11 is 0. The zero-order valence-electron chi connectivity index (χ0n) is 15.4. The molecule has 3 rings (SSSR count). The Labute approximate surface area is 152 Å². The maximum absolute atomic E-state index is 14.7. The summed E-state index contributed by atoms with van der Waals surface area (Å²) in [5.41, 5.74) is 9.82. The van der Waals surface area contributed by atoms with Crippen LogP contribution in [0.25, 0.3) is 0 Å². The number of quaternary nitrogens is 1. The van der Waals surface area contributed by atoms with Gasteiger partial charge in [0.25, 0.3) is 0 Å². The van der Waals surface area contributed by atoms with Crippen LogP contribution < -0.4 is 15.1 Å². The molecular weight excluding hydrogens is 355 g/mol. The molecule has 8 heteroatoms. The van der Waals surface area contributed by atoms with Crippen molar-refractivity contribution in [2.24, 2.45) is 4.99 Å². The first kappa shape index (κ1) is 18.3. The van der Waals surface area contributed by atoms with Gasteiger partial charge in [-0.3, -0.25) is 4.48 Å². The van der Waals surface area contributed by atoms with E-state index in [1.807, 2.05) is 20.2 Å². The number of hydrogen-bond acceptors (Lipinski definition) is 5. The average molecular weight is 377 g/mol. The van der Waals surface area contributed by atoms with Crippen molar-refractivity contribution in [3.63, 3.8) is 0 Å². The van der Waals surface area contributed by atoms with Gasteiger partial charge in [-0.05, 0) is 30.7 Å². The van der Waals surface area contributed by atoms with Crippen LogP contribution in [0.5, 0.6) is 0 Å². The van der Waals surface area contributed by atoms with Crippen LogP contribution >= 0.6 is 0 Å². The van der Waals surface area contributed by atoms with E-state index in [0.717, 1.165) is 23.7 Å². The number of halogens is 1. The lowest BCUT2D eigenvalue weighted by molar-refractivity contribution is 0.595. The van der Waals surface area contributed by atoms with E-state index in [-0.39, 0.29) is 4.90 Å². The number of hydrogen-bond donors (Lipinski definition) is 1. The number of nitrogen functional groups attached to an aromatic ring is 1. The Balaban J connectivity index is 2.12. The van der Waals surface area contributed by atoms with Crippen molar-refractivity contribution >= 4 is 44.6 Å². The van der Waals surface area contributed by atoms with Gasteiger partial charge in [0, 0.05) is 25.1 Å². The monoisotopic (exact) mass is 377 g/mol. The van der Waals surface area contributed by atoms with Crippen LogP contribution in [0.1, 0.15) is 5.56 Å². The summed E-state index contributed by atoms with van der Waals surface area (Å²) < 4.78 is 38.6. The van der Waals surface area contributed by atoms with Gasteiger partial charge in [-0.2, -0.15) is 4.99 Å². The third-order valence-electron chi connectivity index (χ3n) is 4.58. The van der Waals surface area contributed by atoms with Crippen molar-refractivity contribution in [1.82, 2.24) is 4.48 Å². The molecule has 0 spiro atoms. The third-order valence-corrected chi connectivity index (χ3v) is 5.67. The Morgan fingerprint density at radius 1 is 1.19 bits per heavy atom. The molecule has 0 unspecified atom stereocenters. The number of rotatable bonds is 3. The number of nitrogens with two attached hydrogens (primary N) is 1. The smallest absolute Gasteiger partial charge is 0.195 e. The average Bonchev–Trinajstić information content (AvgIpc) is 2.81. The molecule has 0 saturated heterocycles. The summed E-state index contributed by atoms with van der Waals surface area (Å²) in [5.74, 6) is -0.600. The number of aryl methyl sites for hydroxylation is 1. The number of benzene rings is 2. The highest BCUT2D eigenvalue weighted by atomic mass is 32.2. The molecule has 2 aromatic carbocycles. The molecule has 2 aromatic rings. The summed E-state index contributed by atoms with van der Waals surface area (Å²) in [6.45, 7) is 1.68. The van der Waals surface area contributed by atoms with Crippen LogP contribution in [0, 0.1) is 12.7 Å². The van der Waals surface area contributed by atoms with Crippen molar-refractivity contribution in [2.45, 2.75) is 11.8 Å². The minimum atomic E-state index is -3.48. The number of anilines is 3. The molecule has 1 aliphatic heterocycles. The van der Waals surface area contributed by atoms with Crippen LogP contribution in [0.2, 0.25) is 0 Å². The maximum Gasteiger partial charge on any atom is 0.195 e. The molecule has 138 valence electrons. The summed E-state index contributed by atoms with van der Waals surface area (Å²) in [6, 6.07) is 6.19. The Morgan fingerprint density at radius 2 is 1.85 bits per heavy atom. The van der Waals surface area contributed by atoms with E-state index in [9.17, 15) is 12.8 Å². The maximum atomic E-state index is 14.7. The molecule has 0 fully saturated rings. The molecule has 0 bridgehead atoms. The molecular formula is C18H22FN4O2S+. The van der Waals surface area contributed by atoms with Crippen LogP contribution in [-0.2, 0) is 9.84 Å². The number of sulfone groups is 1. The standard InChI is InChI=1S/C18H22FN4O2S/c1-11-6-13(26(5,24)25)9-14(19)18(11)22(2)12-7-15(20)17-16(8-12)23(3,4)10-21-17/h6-10H,20H2,1-5H3/q+1. The van der Waals surface area contributed by atoms with Gasteiger partial charge < -0.3 is 10.6 Å². The fourth-order valence-corrected chi connectivity index (χ4v) is 3.84. The van der Waals surface area contributed by atoms with Gasteiger partial charge in [0.05, 0.1) is 30.4 Å². The van der Waals surface area contributed by atoms with Gasteiger partial charge in [0.2, 0.25) is 0 Å². The molecule has 26 heavy (non-hydrogen) atoms. The Hall–Kier alpha value is -2.45. The minimum absolute atomic E-state index is 0.0377. The number of nitrogens with zero attached hydrogens (tertiary/aromatic N) is 3. The Kier molecular flexibility index (Phi) is 4.08. The van der Waals surface area contributed by atoms with Gasteiger partial charge in [-0.25, -0.2) is 12.8 Å². The summed E-state index contributed by atoms with van der Waals surface area (Å²) in [5, 5.41) is 0. The second kappa shape index (κ2) is 5.78. The van der Waals surface area contributed by atoms with E-state index in [0.29, 0.717) is 27.1 Å². The molecule has 0 radical (unpaired) electrons. The van der Waals surface area contributed by atoms with Gasteiger partial charge >= 0.3 is 0 Å². The first-order valence-corrected chi connectivity index (χ1v) is 9.88. The van der Waals surface area contributed by atoms with Gasteiger partial charge in [0.15, 0.2) is 27.6 Å². The summed E-state index contributed by atoms with van der Waals surface area (Å²) in [4.78, 5) is 6.00. The van der Waals surface area contributed by atoms with Crippen LogP contribution in [-0.4, -0.2) is 42.2 Å². The van der Waals surface area contributed by atoms with Gasteiger partial charge in [0.1, 0.15) is 5.82 Å². The van der Waals surface area contributed by atoms with Crippen LogP contribution in [0.15, 0.2) is 34.2 Å². The largest absolute Gasteiger partial charge is 0.397 e. The lowest BCUT2D eigenvalue weighted by atomic mass is 10.1. The SMILES string of the molecule is Cc1cc(S(C)(=O)=O)cc(F)c1N(C)c1cc(N)c2c(c1)[N+](C)(C)C=N2. The molecule has 0 saturated carbocycles. The highest BCUT2D eigenvalue weighted by Crippen LogP contribution is 2.44. The zero-order chi connectivity index (χ0) is 19.4. The molecule has 2 N–H and O–H groups in total. The Bertz CT molecular complexity index is 1020. The fraction of sp³-hybridized carbons (Fsp3) is 0.278. The summed E-state index contributed by atoms with van der Waals surface area (Å²) in [6.07, 6.45) is 2.85. The van der Waals surface area contributed by atoms with E-state index in [1.165, 1.54) is 6.07 Å². The fourth-order valence-electron chi connectivity index (χ4n) is 3.14. The first-order chi connectivity index (χ1) is 11.9.